The molecule has 0 amide bonds. The number of halogens is 12. The molecular formula is C37H19F12O3P. The first-order valence-corrected chi connectivity index (χ1v) is 17.0. The lowest BCUT2D eigenvalue weighted by atomic mass is 9.83. The molecule has 0 fully saturated rings. The summed E-state index contributed by atoms with van der Waals surface area (Å²) in [6.07, 6.45) is -22.1. The Hall–Kier alpha value is -5.01. The van der Waals surface area contributed by atoms with Crippen molar-refractivity contribution in [2.24, 2.45) is 0 Å². The highest BCUT2D eigenvalue weighted by atomic mass is 31.2. The summed E-state index contributed by atoms with van der Waals surface area (Å²) < 4.78 is 188. The lowest BCUT2D eigenvalue weighted by molar-refractivity contribution is -0.144. The van der Waals surface area contributed by atoms with E-state index >= 15 is 0 Å². The lowest BCUT2D eigenvalue weighted by Crippen LogP contribution is -2.11. The molecule has 16 heteroatoms. The van der Waals surface area contributed by atoms with Gasteiger partial charge in [0, 0.05) is 11.1 Å². The van der Waals surface area contributed by atoms with Crippen molar-refractivity contribution in [2.45, 2.75) is 30.9 Å². The number of hydrogen-bond acceptors (Lipinski definition) is 2. The zero-order chi connectivity index (χ0) is 38.5. The molecule has 1 heterocycles. The molecule has 1 atom stereocenters. The van der Waals surface area contributed by atoms with E-state index < -0.39 is 83.2 Å². The van der Waals surface area contributed by atoms with Gasteiger partial charge in [-0.2, -0.15) is 52.7 Å². The first kappa shape index (κ1) is 36.4. The molecular weight excluding hydrogens is 751 g/mol. The van der Waals surface area contributed by atoms with Crippen LogP contribution in [0.15, 0.2) is 97.1 Å². The van der Waals surface area contributed by atoms with Crippen molar-refractivity contribution < 1.29 is 66.7 Å². The van der Waals surface area contributed by atoms with Gasteiger partial charge in [-0.15, -0.1) is 0 Å². The third kappa shape index (κ3) is 6.72. The SMILES string of the molecule is O=P1(O)Cc2c(-c3cc(C(F)(F)F)cc(C(F)(F)F)c3)cc3ccccc3c2-c2c(c(-c3cc(C(F)(F)F)cc(C(F)(F)F)c3)cc3ccccc23)O1. The Labute approximate surface area is 290 Å². The van der Waals surface area contributed by atoms with Crippen LogP contribution in [-0.2, 0) is 35.4 Å². The van der Waals surface area contributed by atoms with Gasteiger partial charge in [0.15, 0.2) is 0 Å². The van der Waals surface area contributed by atoms with Crippen LogP contribution in [0, 0.1) is 0 Å². The van der Waals surface area contributed by atoms with E-state index in [1.165, 1.54) is 60.7 Å². The summed E-state index contributed by atoms with van der Waals surface area (Å²) >= 11 is 0. The molecule has 3 nitrogen and oxygen atoms in total. The molecule has 0 saturated carbocycles. The smallest absolute Gasteiger partial charge is 0.416 e. The molecule has 7 rings (SSSR count). The summed E-state index contributed by atoms with van der Waals surface area (Å²) in [5, 5.41) is 0.855. The fraction of sp³-hybridized carbons (Fsp3) is 0.135. The molecule has 274 valence electrons. The Morgan fingerprint density at radius 2 is 0.887 bits per heavy atom. The van der Waals surface area contributed by atoms with Crippen LogP contribution in [0.2, 0.25) is 0 Å². The minimum Gasteiger partial charge on any atom is -0.423 e. The highest BCUT2D eigenvalue weighted by Crippen LogP contribution is 2.61. The number of fused-ring (bicyclic) bond motifs is 7. The molecule has 0 spiro atoms. The maximum absolute atomic E-state index is 14.0. The number of hydrogen-bond donors (Lipinski definition) is 1. The molecule has 0 saturated heterocycles. The second-order valence-electron chi connectivity index (χ2n) is 12.3. The van der Waals surface area contributed by atoms with Gasteiger partial charge >= 0.3 is 32.3 Å². The maximum atomic E-state index is 14.0. The Morgan fingerprint density at radius 1 is 0.509 bits per heavy atom. The first-order valence-electron chi connectivity index (χ1n) is 15.2. The predicted octanol–water partition coefficient (Wildman–Crippen LogP) is 13.1. The molecule has 6 aromatic carbocycles. The first-order chi connectivity index (χ1) is 24.5. The average Bonchev–Trinajstić information content (AvgIpc) is 3.18. The molecule has 1 aliphatic heterocycles. The summed E-state index contributed by atoms with van der Waals surface area (Å²) in [6, 6.07) is 15.9. The fourth-order valence-electron chi connectivity index (χ4n) is 6.58. The third-order valence-corrected chi connectivity index (χ3v) is 9.98. The van der Waals surface area contributed by atoms with Crippen molar-refractivity contribution in [2.75, 3.05) is 0 Å². The second kappa shape index (κ2) is 12.0. The fourth-order valence-corrected chi connectivity index (χ4v) is 7.85. The standard InChI is InChI=1S/C37H19F12O3P/c38-34(39,40)22-9-20(10-23(15-22)35(41,42)43)28-13-18-5-1-3-7-26(18)31-30(28)17-53(50,51)52-33-29(14-19-6-2-4-8-27(19)32(31)33)21-11-24(36(44,45)46)16-25(12-21)37(47,48)49/h1-16H,17H2,(H,50,51). The predicted molar refractivity (Wildman–Crippen MR) is 172 cm³/mol. The van der Waals surface area contributed by atoms with Gasteiger partial charge in [0.2, 0.25) is 0 Å². The van der Waals surface area contributed by atoms with Gasteiger partial charge < -0.3 is 9.42 Å². The molecule has 0 bridgehead atoms. The van der Waals surface area contributed by atoms with E-state index in [-0.39, 0.29) is 55.9 Å². The molecule has 53 heavy (non-hydrogen) atoms. The van der Waals surface area contributed by atoms with Gasteiger partial charge in [0.1, 0.15) is 5.75 Å². The Morgan fingerprint density at radius 3 is 1.32 bits per heavy atom. The highest BCUT2D eigenvalue weighted by molar-refractivity contribution is 7.52. The lowest BCUT2D eigenvalue weighted by Gasteiger charge is -2.21. The number of rotatable bonds is 2. The molecule has 1 aliphatic rings. The van der Waals surface area contributed by atoms with Gasteiger partial charge in [0.05, 0.1) is 28.4 Å². The van der Waals surface area contributed by atoms with Crippen molar-refractivity contribution in [1.82, 2.24) is 0 Å². The Balaban J connectivity index is 1.67. The minimum atomic E-state index is -5.27. The average molecular weight is 771 g/mol. The zero-order valence-electron chi connectivity index (χ0n) is 26.2. The van der Waals surface area contributed by atoms with Crippen LogP contribution < -0.4 is 4.52 Å². The highest BCUT2D eigenvalue weighted by Gasteiger charge is 2.41. The van der Waals surface area contributed by atoms with E-state index in [0.29, 0.717) is 24.3 Å². The summed E-state index contributed by atoms with van der Waals surface area (Å²) in [5.41, 5.74) is -9.26. The topological polar surface area (TPSA) is 46.5 Å². The van der Waals surface area contributed by atoms with Crippen molar-refractivity contribution in [1.29, 1.82) is 0 Å². The van der Waals surface area contributed by atoms with Crippen LogP contribution in [0.3, 0.4) is 0 Å². The Kier molecular flexibility index (Phi) is 8.23. The van der Waals surface area contributed by atoms with Gasteiger partial charge in [0.25, 0.3) is 0 Å². The van der Waals surface area contributed by atoms with Crippen LogP contribution >= 0.6 is 7.60 Å². The van der Waals surface area contributed by atoms with Crippen molar-refractivity contribution >= 4 is 29.1 Å². The van der Waals surface area contributed by atoms with E-state index in [1.54, 1.807) is 0 Å². The third-order valence-electron chi connectivity index (χ3n) is 8.80. The quantitative estimate of drug-likeness (QED) is 0.141. The molecule has 0 aromatic heterocycles. The molecule has 1 unspecified atom stereocenters. The molecule has 1 N–H and O–H groups in total. The van der Waals surface area contributed by atoms with E-state index in [4.69, 9.17) is 4.52 Å². The van der Waals surface area contributed by atoms with Crippen LogP contribution in [0.25, 0.3) is 54.9 Å². The van der Waals surface area contributed by atoms with Gasteiger partial charge in [-0.1, -0.05) is 48.5 Å². The molecule has 0 radical (unpaired) electrons. The maximum Gasteiger partial charge on any atom is 0.416 e. The van der Waals surface area contributed by atoms with E-state index in [2.05, 4.69) is 0 Å². The number of alkyl halides is 12. The Bertz CT molecular complexity index is 2280. The van der Waals surface area contributed by atoms with Crippen LogP contribution in [0.4, 0.5) is 52.7 Å². The van der Waals surface area contributed by atoms with Crippen LogP contribution in [0.5, 0.6) is 5.75 Å². The normalized spacial score (nSPS) is 16.6. The van der Waals surface area contributed by atoms with E-state index in [9.17, 15) is 62.1 Å². The summed E-state index contributed by atoms with van der Waals surface area (Å²) in [7, 11) is -5.11. The summed E-state index contributed by atoms with van der Waals surface area (Å²) in [6.45, 7) is 0. The largest absolute Gasteiger partial charge is 0.423 e. The van der Waals surface area contributed by atoms with Crippen LogP contribution in [-0.4, -0.2) is 4.89 Å². The van der Waals surface area contributed by atoms with Crippen molar-refractivity contribution in [3.63, 3.8) is 0 Å². The van der Waals surface area contributed by atoms with Crippen molar-refractivity contribution in [3.05, 3.63) is 125 Å². The molecule has 6 aromatic rings. The second-order valence-corrected chi connectivity index (χ2v) is 14.1. The zero-order valence-corrected chi connectivity index (χ0v) is 27.1. The van der Waals surface area contributed by atoms with Crippen molar-refractivity contribution in [3.8, 4) is 39.1 Å². The van der Waals surface area contributed by atoms with E-state index in [1.807, 2.05) is 0 Å². The van der Waals surface area contributed by atoms with Gasteiger partial charge in [-0.3, -0.25) is 0 Å². The van der Waals surface area contributed by atoms with Gasteiger partial charge in [-0.05, 0) is 97.9 Å². The number of benzene rings is 6. The summed E-state index contributed by atoms with van der Waals surface area (Å²) in [5.74, 6) is -0.622. The monoisotopic (exact) mass is 770 g/mol. The molecule has 0 aliphatic carbocycles. The van der Waals surface area contributed by atoms with E-state index in [0.717, 1.165) is 0 Å². The van der Waals surface area contributed by atoms with Crippen LogP contribution in [0.1, 0.15) is 27.8 Å². The minimum absolute atomic E-state index is 0.0353. The summed E-state index contributed by atoms with van der Waals surface area (Å²) in [4.78, 5) is 11.3. The van der Waals surface area contributed by atoms with Gasteiger partial charge in [-0.25, -0.2) is 4.57 Å².